The van der Waals surface area contributed by atoms with Crippen LogP contribution in [0.5, 0.6) is 0 Å². The average Bonchev–Trinajstić information content (AvgIpc) is 3.26. The molecule has 1 fully saturated rings. The van der Waals surface area contributed by atoms with Gasteiger partial charge in [-0.05, 0) is 36.3 Å². The van der Waals surface area contributed by atoms with Crippen molar-refractivity contribution < 1.29 is 9.90 Å². The fraction of sp³-hybridized carbons (Fsp3) is 0.389. The first kappa shape index (κ1) is 16.0. The maximum absolute atomic E-state index is 12.6. The SMILES string of the molecule is O=C(NC(Cc1ccccc1)c1cccs1)N1CCCC1CO. The summed E-state index contributed by atoms with van der Waals surface area (Å²) in [7, 11) is 0. The zero-order valence-electron chi connectivity index (χ0n) is 13.0. The summed E-state index contributed by atoms with van der Waals surface area (Å²) in [6, 6.07) is 14.1. The lowest BCUT2D eigenvalue weighted by molar-refractivity contribution is 0.154. The molecule has 2 N–H and O–H groups in total. The molecule has 2 amide bonds. The van der Waals surface area contributed by atoms with Gasteiger partial charge in [0, 0.05) is 11.4 Å². The molecule has 3 rings (SSSR count). The second kappa shape index (κ2) is 7.62. The van der Waals surface area contributed by atoms with Crippen LogP contribution < -0.4 is 5.32 Å². The molecule has 1 aliphatic rings. The van der Waals surface area contributed by atoms with Gasteiger partial charge in [-0.15, -0.1) is 11.3 Å². The number of aliphatic hydroxyl groups excluding tert-OH is 1. The van der Waals surface area contributed by atoms with Crippen molar-refractivity contribution in [2.45, 2.75) is 31.3 Å². The molecule has 2 unspecified atom stereocenters. The highest BCUT2D eigenvalue weighted by molar-refractivity contribution is 7.10. The van der Waals surface area contributed by atoms with Gasteiger partial charge in [-0.1, -0.05) is 36.4 Å². The third-order valence-corrected chi connectivity index (χ3v) is 5.30. The van der Waals surface area contributed by atoms with E-state index in [0.29, 0.717) is 0 Å². The molecule has 122 valence electrons. The molecule has 23 heavy (non-hydrogen) atoms. The van der Waals surface area contributed by atoms with Gasteiger partial charge in [-0.3, -0.25) is 0 Å². The van der Waals surface area contributed by atoms with E-state index in [1.165, 1.54) is 5.56 Å². The number of urea groups is 1. The maximum atomic E-state index is 12.6. The standard InChI is InChI=1S/C18H22N2O2S/c21-13-15-8-4-10-20(15)18(22)19-16(17-9-5-11-23-17)12-14-6-2-1-3-7-14/h1-3,5-7,9,11,15-16,21H,4,8,10,12-13H2,(H,19,22). The summed E-state index contributed by atoms with van der Waals surface area (Å²) in [5.41, 5.74) is 1.20. The highest BCUT2D eigenvalue weighted by atomic mass is 32.1. The lowest BCUT2D eigenvalue weighted by Gasteiger charge is -2.26. The first-order valence-corrected chi connectivity index (χ1v) is 8.91. The van der Waals surface area contributed by atoms with Gasteiger partial charge in [0.15, 0.2) is 0 Å². The number of benzene rings is 1. The van der Waals surface area contributed by atoms with Crippen molar-refractivity contribution in [1.82, 2.24) is 10.2 Å². The van der Waals surface area contributed by atoms with Gasteiger partial charge >= 0.3 is 6.03 Å². The molecular formula is C18H22N2O2S. The van der Waals surface area contributed by atoms with E-state index in [4.69, 9.17) is 0 Å². The van der Waals surface area contributed by atoms with Gasteiger partial charge in [0.25, 0.3) is 0 Å². The van der Waals surface area contributed by atoms with Crippen LogP contribution in [0.25, 0.3) is 0 Å². The Morgan fingerprint density at radius 1 is 1.30 bits per heavy atom. The number of hydrogen-bond donors (Lipinski definition) is 2. The Kier molecular flexibility index (Phi) is 5.31. The topological polar surface area (TPSA) is 52.6 Å². The average molecular weight is 330 g/mol. The van der Waals surface area contributed by atoms with Crippen molar-refractivity contribution in [3.8, 4) is 0 Å². The van der Waals surface area contributed by atoms with Crippen molar-refractivity contribution >= 4 is 17.4 Å². The van der Waals surface area contributed by atoms with E-state index in [9.17, 15) is 9.90 Å². The normalized spacial score (nSPS) is 18.8. The molecule has 1 aromatic carbocycles. The predicted molar refractivity (Wildman–Crippen MR) is 92.6 cm³/mol. The lowest BCUT2D eigenvalue weighted by atomic mass is 10.0. The van der Waals surface area contributed by atoms with Gasteiger partial charge in [0.2, 0.25) is 0 Å². The Morgan fingerprint density at radius 2 is 2.13 bits per heavy atom. The van der Waals surface area contributed by atoms with Crippen LogP contribution in [0.4, 0.5) is 4.79 Å². The van der Waals surface area contributed by atoms with Crippen molar-refractivity contribution in [1.29, 1.82) is 0 Å². The molecule has 1 aliphatic heterocycles. The monoisotopic (exact) mass is 330 g/mol. The summed E-state index contributed by atoms with van der Waals surface area (Å²) in [6.07, 6.45) is 2.61. The van der Waals surface area contributed by atoms with E-state index in [0.717, 1.165) is 30.7 Å². The quantitative estimate of drug-likeness (QED) is 0.884. The van der Waals surface area contributed by atoms with Gasteiger partial charge in [-0.25, -0.2) is 4.79 Å². The number of nitrogens with zero attached hydrogens (tertiary/aromatic N) is 1. The number of aliphatic hydroxyl groups is 1. The number of amides is 2. The van der Waals surface area contributed by atoms with Gasteiger partial charge < -0.3 is 15.3 Å². The second-order valence-electron chi connectivity index (χ2n) is 5.88. The number of nitrogens with one attached hydrogen (secondary N) is 1. The first-order chi connectivity index (χ1) is 11.3. The molecule has 2 aromatic rings. The summed E-state index contributed by atoms with van der Waals surface area (Å²) < 4.78 is 0. The fourth-order valence-corrected chi connectivity index (χ4v) is 3.86. The van der Waals surface area contributed by atoms with Crippen LogP contribution in [-0.2, 0) is 6.42 Å². The summed E-state index contributed by atoms with van der Waals surface area (Å²) in [4.78, 5) is 15.5. The minimum atomic E-state index is -0.0733. The molecule has 0 saturated carbocycles. The summed E-state index contributed by atoms with van der Waals surface area (Å²) >= 11 is 1.66. The van der Waals surface area contributed by atoms with Crippen molar-refractivity contribution in [3.05, 3.63) is 58.3 Å². The molecule has 5 heteroatoms. The molecule has 0 radical (unpaired) electrons. The first-order valence-electron chi connectivity index (χ1n) is 8.03. The number of hydrogen-bond acceptors (Lipinski definition) is 3. The van der Waals surface area contributed by atoms with Crippen LogP contribution in [0.2, 0.25) is 0 Å². The van der Waals surface area contributed by atoms with Crippen LogP contribution in [0, 0.1) is 0 Å². The summed E-state index contributed by atoms with van der Waals surface area (Å²) in [5.74, 6) is 0. The maximum Gasteiger partial charge on any atom is 0.318 e. The highest BCUT2D eigenvalue weighted by Gasteiger charge is 2.29. The minimum Gasteiger partial charge on any atom is -0.394 e. The number of carbonyl (C=O) groups is 1. The van der Waals surface area contributed by atoms with Crippen LogP contribution in [0.15, 0.2) is 47.8 Å². The third kappa shape index (κ3) is 3.92. The number of carbonyl (C=O) groups excluding carboxylic acids is 1. The van der Waals surface area contributed by atoms with E-state index in [2.05, 4.69) is 23.5 Å². The Balaban J connectivity index is 1.72. The van der Waals surface area contributed by atoms with E-state index >= 15 is 0 Å². The number of likely N-dealkylation sites (tertiary alicyclic amines) is 1. The largest absolute Gasteiger partial charge is 0.394 e. The van der Waals surface area contributed by atoms with Crippen LogP contribution in [0.3, 0.4) is 0 Å². The second-order valence-corrected chi connectivity index (χ2v) is 6.86. The van der Waals surface area contributed by atoms with Gasteiger partial charge in [0.1, 0.15) is 0 Å². The van der Waals surface area contributed by atoms with E-state index in [1.54, 1.807) is 16.2 Å². The Bertz CT molecular complexity index is 615. The minimum absolute atomic E-state index is 0.0372. The molecule has 0 spiro atoms. The smallest absolute Gasteiger partial charge is 0.318 e. The third-order valence-electron chi connectivity index (χ3n) is 4.32. The number of thiophene rings is 1. The molecule has 0 aliphatic carbocycles. The predicted octanol–water partition coefficient (Wildman–Crippen LogP) is 3.20. The van der Waals surface area contributed by atoms with Gasteiger partial charge in [-0.2, -0.15) is 0 Å². The molecular weight excluding hydrogens is 308 g/mol. The van der Waals surface area contributed by atoms with Gasteiger partial charge in [0.05, 0.1) is 18.7 Å². The van der Waals surface area contributed by atoms with Crippen LogP contribution in [-0.4, -0.2) is 35.2 Å². The Hall–Kier alpha value is -1.85. The fourth-order valence-electron chi connectivity index (χ4n) is 3.09. The molecule has 4 nitrogen and oxygen atoms in total. The summed E-state index contributed by atoms with van der Waals surface area (Å²) in [5, 5.41) is 14.6. The highest BCUT2D eigenvalue weighted by Crippen LogP contribution is 2.24. The molecule has 1 aromatic heterocycles. The number of rotatable bonds is 5. The van der Waals surface area contributed by atoms with E-state index in [1.807, 2.05) is 29.6 Å². The zero-order valence-corrected chi connectivity index (χ0v) is 13.8. The Labute approximate surface area is 140 Å². The van der Waals surface area contributed by atoms with E-state index < -0.39 is 0 Å². The summed E-state index contributed by atoms with van der Waals surface area (Å²) in [6.45, 7) is 0.759. The molecule has 1 saturated heterocycles. The van der Waals surface area contributed by atoms with Crippen molar-refractivity contribution in [3.63, 3.8) is 0 Å². The molecule has 0 bridgehead atoms. The Morgan fingerprint density at radius 3 is 2.83 bits per heavy atom. The van der Waals surface area contributed by atoms with Crippen LogP contribution >= 0.6 is 11.3 Å². The molecule has 2 atom stereocenters. The van der Waals surface area contributed by atoms with E-state index in [-0.39, 0.29) is 24.7 Å². The van der Waals surface area contributed by atoms with Crippen molar-refractivity contribution in [2.24, 2.45) is 0 Å². The van der Waals surface area contributed by atoms with Crippen LogP contribution in [0.1, 0.15) is 29.3 Å². The van der Waals surface area contributed by atoms with Crippen molar-refractivity contribution in [2.75, 3.05) is 13.2 Å². The lowest BCUT2D eigenvalue weighted by Crippen LogP contribution is -2.45. The molecule has 2 heterocycles. The zero-order chi connectivity index (χ0) is 16.1.